The van der Waals surface area contributed by atoms with Crippen LogP contribution in [0.2, 0.25) is 0 Å². The monoisotopic (exact) mass is 293 g/mol. The molecule has 15 heavy (non-hydrogen) atoms. The molecule has 84 valence electrons. The summed E-state index contributed by atoms with van der Waals surface area (Å²) >= 11 is 3.28. The van der Waals surface area contributed by atoms with E-state index in [1.54, 1.807) is 19.9 Å². The highest BCUT2D eigenvalue weighted by Crippen LogP contribution is 2.34. The summed E-state index contributed by atoms with van der Waals surface area (Å²) in [4.78, 5) is 0.0388. The van der Waals surface area contributed by atoms with Crippen LogP contribution >= 0.6 is 15.9 Å². The third-order valence-corrected chi connectivity index (χ3v) is 3.98. The predicted molar refractivity (Wildman–Crippen MR) is 61.5 cm³/mol. The van der Waals surface area contributed by atoms with E-state index in [0.717, 1.165) is 5.56 Å². The normalized spacial score (nSPS) is 11.5. The molecule has 0 fully saturated rings. The minimum Gasteiger partial charge on any atom is -0.495 e. The molecule has 0 saturated heterocycles. The van der Waals surface area contributed by atoms with E-state index in [1.807, 2.05) is 0 Å². The second kappa shape index (κ2) is 4.11. The molecule has 0 aliphatic carbocycles. The number of hydrogen-bond donors (Lipinski definition) is 1. The molecule has 0 unspecified atom stereocenters. The Bertz CT molecular complexity index is 497. The fraction of sp³-hybridized carbons (Fsp3) is 0.333. The van der Waals surface area contributed by atoms with Crippen LogP contribution in [0, 0.1) is 13.8 Å². The van der Waals surface area contributed by atoms with Crippen LogP contribution in [-0.2, 0) is 10.0 Å². The Morgan fingerprint density at radius 3 is 2.33 bits per heavy atom. The molecule has 1 aromatic rings. The van der Waals surface area contributed by atoms with Crippen molar-refractivity contribution in [2.24, 2.45) is 5.14 Å². The van der Waals surface area contributed by atoms with Crippen LogP contribution < -0.4 is 9.88 Å². The minimum atomic E-state index is -3.78. The van der Waals surface area contributed by atoms with Crippen molar-refractivity contribution in [3.8, 4) is 5.75 Å². The predicted octanol–water partition coefficient (Wildman–Crippen LogP) is 1.72. The molecule has 0 atom stereocenters. The smallest absolute Gasteiger partial charge is 0.242 e. The lowest BCUT2D eigenvalue weighted by molar-refractivity contribution is 0.398. The fourth-order valence-electron chi connectivity index (χ4n) is 1.42. The Morgan fingerprint density at radius 2 is 1.93 bits per heavy atom. The van der Waals surface area contributed by atoms with Crippen molar-refractivity contribution in [1.29, 1.82) is 0 Å². The quantitative estimate of drug-likeness (QED) is 0.903. The number of ether oxygens (including phenoxy) is 1. The first-order chi connectivity index (χ1) is 6.79. The van der Waals surface area contributed by atoms with E-state index < -0.39 is 10.0 Å². The number of nitrogens with two attached hydrogens (primary N) is 1. The molecule has 0 bridgehead atoms. The first-order valence-corrected chi connectivity index (χ1v) is 6.49. The molecule has 1 aromatic carbocycles. The van der Waals surface area contributed by atoms with Gasteiger partial charge in [-0.1, -0.05) is 15.9 Å². The van der Waals surface area contributed by atoms with Gasteiger partial charge in [0.15, 0.2) is 0 Å². The van der Waals surface area contributed by atoms with Crippen molar-refractivity contribution >= 4 is 26.0 Å². The highest BCUT2D eigenvalue weighted by molar-refractivity contribution is 9.10. The number of rotatable bonds is 2. The van der Waals surface area contributed by atoms with Crippen LogP contribution in [0.25, 0.3) is 0 Å². The summed E-state index contributed by atoms with van der Waals surface area (Å²) in [6, 6.07) is 1.79. The van der Waals surface area contributed by atoms with Crippen LogP contribution in [0.3, 0.4) is 0 Å². The molecule has 0 aliphatic rings. The van der Waals surface area contributed by atoms with Gasteiger partial charge in [0.25, 0.3) is 0 Å². The number of benzene rings is 1. The maximum Gasteiger partial charge on any atom is 0.242 e. The van der Waals surface area contributed by atoms with Crippen LogP contribution in [0.15, 0.2) is 15.4 Å². The van der Waals surface area contributed by atoms with Crippen LogP contribution in [0.5, 0.6) is 5.75 Å². The summed E-state index contributed by atoms with van der Waals surface area (Å²) in [7, 11) is -2.36. The van der Waals surface area contributed by atoms with E-state index in [1.165, 1.54) is 7.11 Å². The number of aryl methyl sites for hydroxylation is 1. The summed E-state index contributed by atoms with van der Waals surface area (Å²) in [5.74, 6) is 0.304. The maximum atomic E-state index is 11.4. The lowest BCUT2D eigenvalue weighted by atomic mass is 10.1. The van der Waals surface area contributed by atoms with Gasteiger partial charge in [-0.05, 0) is 31.0 Å². The van der Waals surface area contributed by atoms with Gasteiger partial charge in [-0.3, -0.25) is 0 Å². The van der Waals surface area contributed by atoms with Crippen molar-refractivity contribution in [2.45, 2.75) is 18.7 Å². The Balaban J connectivity index is 3.74. The average molecular weight is 294 g/mol. The van der Waals surface area contributed by atoms with Gasteiger partial charge in [0, 0.05) is 4.47 Å². The van der Waals surface area contributed by atoms with Gasteiger partial charge in [-0.15, -0.1) is 0 Å². The zero-order valence-electron chi connectivity index (χ0n) is 8.67. The third kappa shape index (κ3) is 2.32. The number of halogens is 1. The highest BCUT2D eigenvalue weighted by atomic mass is 79.9. The highest BCUT2D eigenvalue weighted by Gasteiger charge is 2.21. The number of hydrogen-bond acceptors (Lipinski definition) is 3. The Labute approximate surface area is 97.6 Å². The number of primary sulfonamides is 1. The maximum absolute atomic E-state index is 11.4. The Hall–Kier alpha value is -0.590. The second-order valence-corrected chi connectivity index (χ2v) is 5.56. The van der Waals surface area contributed by atoms with Gasteiger partial charge in [-0.25, -0.2) is 13.6 Å². The minimum absolute atomic E-state index is 0.0388. The molecule has 1 rings (SSSR count). The summed E-state index contributed by atoms with van der Waals surface area (Å²) in [6.45, 7) is 3.43. The molecule has 2 N–H and O–H groups in total. The van der Waals surface area contributed by atoms with Crippen molar-refractivity contribution in [1.82, 2.24) is 0 Å². The number of methoxy groups -OCH3 is 1. The molecule has 0 radical (unpaired) electrons. The van der Waals surface area contributed by atoms with Crippen LogP contribution in [0.4, 0.5) is 0 Å². The first kappa shape index (κ1) is 12.5. The summed E-state index contributed by atoms with van der Waals surface area (Å²) in [6.07, 6.45) is 0. The molecule has 0 aliphatic heterocycles. The fourth-order valence-corrected chi connectivity index (χ4v) is 3.13. The van der Waals surface area contributed by atoms with Gasteiger partial charge in [0.2, 0.25) is 10.0 Å². The summed E-state index contributed by atoms with van der Waals surface area (Å²) in [5, 5.41) is 5.14. The zero-order chi connectivity index (χ0) is 11.8. The molecule has 0 saturated carbocycles. The summed E-state index contributed by atoms with van der Waals surface area (Å²) < 4.78 is 28.6. The molecule has 4 nitrogen and oxygen atoms in total. The van der Waals surface area contributed by atoms with E-state index in [0.29, 0.717) is 15.8 Å². The van der Waals surface area contributed by atoms with Crippen LogP contribution in [-0.4, -0.2) is 15.5 Å². The largest absolute Gasteiger partial charge is 0.495 e. The van der Waals surface area contributed by atoms with Gasteiger partial charge in [0.1, 0.15) is 10.6 Å². The second-order valence-electron chi connectivity index (χ2n) is 3.21. The van der Waals surface area contributed by atoms with E-state index >= 15 is 0 Å². The molecule has 0 heterocycles. The molecular weight excluding hydrogens is 282 g/mol. The van der Waals surface area contributed by atoms with Crippen molar-refractivity contribution in [2.75, 3.05) is 7.11 Å². The van der Waals surface area contributed by atoms with Gasteiger partial charge in [-0.2, -0.15) is 0 Å². The van der Waals surface area contributed by atoms with Gasteiger partial charge >= 0.3 is 0 Å². The average Bonchev–Trinajstić information content (AvgIpc) is 2.08. The van der Waals surface area contributed by atoms with E-state index in [-0.39, 0.29) is 4.90 Å². The van der Waals surface area contributed by atoms with E-state index in [4.69, 9.17) is 9.88 Å². The Kier molecular flexibility index (Phi) is 3.42. The molecule has 0 aromatic heterocycles. The van der Waals surface area contributed by atoms with E-state index in [2.05, 4.69) is 15.9 Å². The zero-order valence-corrected chi connectivity index (χ0v) is 11.1. The molecular formula is C9H12BrNO3S. The van der Waals surface area contributed by atoms with Crippen molar-refractivity contribution in [3.63, 3.8) is 0 Å². The van der Waals surface area contributed by atoms with Gasteiger partial charge in [0.05, 0.1) is 7.11 Å². The van der Waals surface area contributed by atoms with Crippen molar-refractivity contribution < 1.29 is 13.2 Å². The Morgan fingerprint density at radius 1 is 1.40 bits per heavy atom. The van der Waals surface area contributed by atoms with Crippen LogP contribution in [0.1, 0.15) is 11.1 Å². The summed E-state index contributed by atoms with van der Waals surface area (Å²) in [5.41, 5.74) is 1.28. The number of sulfonamides is 1. The molecule has 6 heteroatoms. The van der Waals surface area contributed by atoms with E-state index in [9.17, 15) is 8.42 Å². The SMILES string of the molecule is COc1c(C)cc(Br)c(C)c1S(N)(=O)=O. The lowest BCUT2D eigenvalue weighted by Crippen LogP contribution is -2.16. The lowest BCUT2D eigenvalue weighted by Gasteiger charge is -2.13. The first-order valence-electron chi connectivity index (χ1n) is 4.15. The topological polar surface area (TPSA) is 69.4 Å². The standard InChI is InChI=1S/C9H12BrNO3S/c1-5-4-7(10)6(2)9(8(5)14-3)15(11,12)13/h4H,1-3H3,(H2,11,12,13). The molecule has 0 spiro atoms. The third-order valence-electron chi connectivity index (χ3n) is 2.10. The van der Waals surface area contributed by atoms with Crippen molar-refractivity contribution in [3.05, 3.63) is 21.7 Å². The molecule has 0 amide bonds. The van der Waals surface area contributed by atoms with Gasteiger partial charge < -0.3 is 4.74 Å².